The highest BCUT2D eigenvalue weighted by molar-refractivity contribution is 5.85. The molecule has 0 aromatic rings. The molecule has 130 valence electrons. The van der Waals surface area contributed by atoms with Gasteiger partial charge >= 0.3 is 0 Å². The summed E-state index contributed by atoms with van der Waals surface area (Å²) in [5, 5.41) is 6.22. The maximum Gasteiger partial charge on any atom is 0.223 e. The molecule has 0 aliphatic carbocycles. The number of piperazine rings is 1. The molecule has 1 aliphatic heterocycles. The fourth-order valence-corrected chi connectivity index (χ4v) is 2.51. The van der Waals surface area contributed by atoms with Crippen LogP contribution in [-0.2, 0) is 9.59 Å². The maximum atomic E-state index is 11.8. The van der Waals surface area contributed by atoms with Gasteiger partial charge in [0.1, 0.15) is 0 Å². The highest BCUT2D eigenvalue weighted by Crippen LogP contribution is 1.98. The minimum absolute atomic E-state index is 0. The number of hydrogen-bond donors (Lipinski definition) is 2. The Hall–Kier alpha value is -0.850. The molecule has 7 heteroatoms. The largest absolute Gasteiger partial charge is 0.356 e. The zero-order valence-corrected chi connectivity index (χ0v) is 14.7. The van der Waals surface area contributed by atoms with E-state index in [1.54, 1.807) is 4.90 Å². The number of hydrogen-bond acceptors (Lipinski definition) is 4. The zero-order chi connectivity index (χ0) is 15.5. The van der Waals surface area contributed by atoms with Crippen LogP contribution in [0.15, 0.2) is 0 Å². The molecule has 1 heterocycles. The standard InChI is InChI=1S/C15H30N4O2.ClH/c1-3-19(4-2)15(21)7-6-14(20)17-8-5-11-18-12-9-16-10-13-18;/h16H,3-13H2,1-2H3,(H,17,20);1H. The first-order valence-electron chi connectivity index (χ1n) is 8.14. The summed E-state index contributed by atoms with van der Waals surface area (Å²) in [5.74, 6) is 0.0479. The summed E-state index contributed by atoms with van der Waals surface area (Å²) in [6.07, 6.45) is 1.57. The predicted molar refractivity (Wildman–Crippen MR) is 91.3 cm³/mol. The van der Waals surface area contributed by atoms with Crippen LogP contribution in [0.5, 0.6) is 0 Å². The van der Waals surface area contributed by atoms with Crippen molar-refractivity contribution in [1.29, 1.82) is 0 Å². The van der Waals surface area contributed by atoms with Crippen LogP contribution >= 0.6 is 12.4 Å². The summed E-state index contributed by atoms with van der Waals surface area (Å²) in [6.45, 7) is 11.3. The molecule has 1 rings (SSSR count). The highest BCUT2D eigenvalue weighted by Gasteiger charge is 2.12. The van der Waals surface area contributed by atoms with Crippen molar-refractivity contribution in [2.75, 3.05) is 52.4 Å². The molecule has 0 atom stereocenters. The second-order valence-electron chi connectivity index (χ2n) is 5.36. The average molecular weight is 335 g/mol. The number of amides is 2. The second kappa shape index (κ2) is 12.7. The van der Waals surface area contributed by atoms with Crippen LogP contribution in [0.1, 0.15) is 33.1 Å². The van der Waals surface area contributed by atoms with Crippen LogP contribution in [0.25, 0.3) is 0 Å². The second-order valence-corrected chi connectivity index (χ2v) is 5.36. The lowest BCUT2D eigenvalue weighted by atomic mass is 10.2. The van der Waals surface area contributed by atoms with Gasteiger partial charge in [0.05, 0.1) is 0 Å². The normalized spacial score (nSPS) is 15.0. The van der Waals surface area contributed by atoms with Crippen LogP contribution < -0.4 is 10.6 Å². The lowest BCUT2D eigenvalue weighted by Crippen LogP contribution is -2.44. The molecule has 0 saturated carbocycles. The zero-order valence-electron chi connectivity index (χ0n) is 13.9. The number of halogens is 1. The van der Waals surface area contributed by atoms with Crippen molar-refractivity contribution < 1.29 is 9.59 Å². The topological polar surface area (TPSA) is 64.7 Å². The van der Waals surface area contributed by atoms with E-state index in [1.165, 1.54) is 0 Å². The van der Waals surface area contributed by atoms with E-state index >= 15 is 0 Å². The lowest BCUT2D eigenvalue weighted by Gasteiger charge is -2.27. The van der Waals surface area contributed by atoms with Crippen LogP contribution in [0.2, 0.25) is 0 Å². The molecule has 6 nitrogen and oxygen atoms in total. The Morgan fingerprint density at radius 2 is 1.77 bits per heavy atom. The third kappa shape index (κ3) is 8.56. The Morgan fingerprint density at radius 1 is 1.14 bits per heavy atom. The van der Waals surface area contributed by atoms with Gasteiger partial charge in [-0.15, -0.1) is 12.4 Å². The van der Waals surface area contributed by atoms with Crippen molar-refractivity contribution in [1.82, 2.24) is 20.4 Å². The molecule has 2 N–H and O–H groups in total. The summed E-state index contributed by atoms with van der Waals surface area (Å²) in [6, 6.07) is 0. The van der Waals surface area contributed by atoms with Gasteiger partial charge in [-0.1, -0.05) is 0 Å². The van der Waals surface area contributed by atoms with E-state index < -0.39 is 0 Å². The van der Waals surface area contributed by atoms with Gasteiger partial charge in [0.25, 0.3) is 0 Å². The number of carbonyl (C=O) groups excluding carboxylic acids is 2. The fourth-order valence-electron chi connectivity index (χ4n) is 2.51. The minimum atomic E-state index is -0.0178. The molecule has 0 radical (unpaired) electrons. The molecule has 22 heavy (non-hydrogen) atoms. The monoisotopic (exact) mass is 334 g/mol. The van der Waals surface area contributed by atoms with Gasteiger partial charge in [0.2, 0.25) is 11.8 Å². The Bertz CT molecular complexity index is 319. The maximum absolute atomic E-state index is 11.8. The van der Waals surface area contributed by atoms with Crippen LogP contribution in [0.4, 0.5) is 0 Å². The minimum Gasteiger partial charge on any atom is -0.356 e. The summed E-state index contributed by atoms with van der Waals surface area (Å²) < 4.78 is 0. The van der Waals surface area contributed by atoms with E-state index in [0.717, 1.165) is 39.1 Å². The van der Waals surface area contributed by atoms with Gasteiger partial charge in [-0.3, -0.25) is 9.59 Å². The summed E-state index contributed by atoms with van der Waals surface area (Å²) >= 11 is 0. The van der Waals surface area contributed by atoms with Crippen molar-refractivity contribution in [2.45, 2.75) is 33.1 Å². The molecule has 0 aromatic heterocycles. The number of nitrogens with zero attached hydrogens (tertiary/aromatic N) is 2. The molecule has 1 fully saturated rings. The smallest absolute Gasteiger partial charge is 0.223 e. The molecule has 1 saturated heterocycles. The average Bonchev–Trinajstić information content (AvgIpc) is 2.52. The third-order valence-electron chi connectivity index (χ3n) is 3.86. The van der Waals surface area contributed by atoms with Crippen LogP contribution in [-0.4, -0.2) is 74.0 Å². The molecule has 1 aliphatic rings. The van der Waals surface area contributed by atoms with Crippen LogP contribution in [0, 0.1) is 0 Å². The summed E-state index contributed by atoms with van der Waals surface area (Å²) in [4.78, 5) is 27.6. The molecule has 2 amide bonds. The van der Waals surface area contributed by atoms with Gasteiger partial charge in [0.15, 0.2) is 0 Å². The van der Waals surface area contributed by atoms with Gasteiger partial charge < -0.3 is 20.4 Å². The van der Waals surface area contributed by atoms with Gasteiger partial charge in [-0.25, -0.2) is 0 Å². The van der Waals surface area contributed by atoms with E-state index in [2.05, 4.69) is 15.5 Å². The van der Waals surface area contributed by atoms with E-state index in [9.17, 15) is 9.59 Å². The first kappa shape index (κ1) is 21.1. The number of carbonyl (C=O) groups is 2. The summed E-state index contributed by atoms with van der Waals surface area (Å²) in [5.41, 5.74) is 0. The van der Waals surface area contributed by atoms with E-state index in [4.69, 9.17) is 0 Å². The highest BCUT2D eigenvalue weighted by atomic mass is 35.5. The third-order valence-corrected chi connectivity index (χ3v) is 3.86. The molecular formula is C15H31ClN4O2. The Labute approximate surface area is 140 Å². The van der Waals surface area contributed by atoms with Gasteiger partial charge in [-0.2, -0.15) is 0 Å². The Kier molecular flexibility index (Phi) is 12.2. The van der Waals surface area contributed by atoms with E-state index in [-0.39, 0.29) is 24.2 Å². The molecule has 0 bridgehead atoms. The Balaban J connectivity index is 0.00000441. The quantitative estimate of drug-likeness (QED) is 0.602. The van der Waals surface area contributed by atoms with Crippen molar-refractivity contribution in [2.24, 2.45) is 0 Å². The predicted octanol–water partition coefficient (Wildman–Crippen LogP) is 0.468. The van der Waals surface area contributed by atoms with Gasteiger partial charge in [0, 0.05) is 58.7 Å². The van der Waals surface area contributed by atoms with Crippen LogP contribution in [0.3, 0.4) is 0 Å². The molecular weight excluding hydrogens is 304 g/mol. The number of rotatable bonds is 9. The molecule has 0 spiro atoms. The van der Waals surface area contributed by atoms with Crippen molar-refractivity contribution >= 4 is 24.2 Å². The SMILES string of the molecule is CCN(CC)C(=O)CCC(=O)NCCCN1CCNCC1.Cl. The number of nitrogens with one attached hydrogen (secondary N) is 2. The van der Waals surface area contributed by atoms with E-state index in [0.29, 0.717) is 32.5 Å². The summed E-state index contributed by atoms with van der Waals surface area (Å²) in [7, 11) is 0. The Morgan fingerprint density at radius 3 is 2.36 bits per heavy atom. The molecule has 0 aromatic carbocycles. The fraction of sp³-hybridized carbons (Fsp3) is 0.867. The van der Waals surface area contributed by atoms with E-state index in [1.807, 2.05) is 13.8 Å². The van der Waals surface area contributed by atoms with Crippen molar-refractivity contribution in [3.05, 3.63) is 0 Å². The first-order chi connectivity index (χ1) is 10.2. The van der Waals surface area contributed by atoms with Crippen molar-refractivity contribution in [3.8, 4) is 0 Å². The lowest BCUT2D eigenvalue weighted by molar-refractivity contribution is -0.133. The first-order valence-corrected chi connectivity index (χ1v) is 8.14. The van der Waals surface area contributed by atoms with Gasteiger partial charge in [-0.05, 0) is 26.8 Å². The molecule has 0 unspecified atom stereocenters. The van der Waals surface area contributed by atoms with Crippen molar-refractivity contribution in [3.63, 3.8) is 0 Å².